The van der Waals surface area contributed by atoms with Crippen LogP contribution in [-0.2, 0) is 19.3 Å². The first-order valence-corrected chi connectivity index (χ1v) is 5.54. The summed E-state index contributed by atoms with van der Waals surface area (Å²) in [6.45, 7) is 1.19. The number of aliphatic hydroxyl groups excluding tert-OH is 3. The minimum atomic E-state index is -5.13. The quantitative estimate of drug-likeness (QED) is 0.257. The normalized spacial score (nSPS) is 45.6. The zero-order valence-corrected chi connectivity index (χ0v) is 8.90. The van der Waals surface area contributed by atoms with E-state index < -0.39 is 40.8 Å². The fourth-order valence-corrected chi connectivity index (χ4v) is 1.89. The Morgan fingerprint density at radius 1 is 1.25 bits per heavy atom. The lowest BCUT2D eigenvalue weighted by Gasteiger charge is -2.43. The fourth-order valence-electron chi connectivity index (χ4n) is 1.35. The zero-order chi connectivity index (χ0) is 12.7. The van der Waals surface area contributed by atoms with Gasteiger partial charge in [-0.1, -0.05) is 0 Å². The largest absolute Gasteiger partial charge is 0.400 e. The van der Waals surface area contributed by atoms with Crippen molar-refractivity contribution in [2.75, 3.05) is 0 Å². The lowest BCUT2D eigenvalue weighted by molar-refractivity contribution is -0.366. The zero-order valence-electron chi connectivity index (χ0n) is 8.09. The van der Waals surface area contributed by atoms with E-state index in [9.17, 15) is 23.7 Å². The molecule has 1 aliphatic heterocycles. The number of hydrogen-bond acceptors (Lipinski definition) is 8. The van der Waals surface area contributed by atoms with Gasteiger partial charge in [0.2, 0.25) is 5.79 Å². The van der Waals surface area contributed by atoms with Crippen molar-refractivity contribution < 1.29 is 42.3 Å². The van der Waals surface area contributed by atoms with Crippen LogP contribution in [0.2, 0.25) is 0 Å². The second-order valence-electron chi connectivity index (χ2n) is 3.38. The highest BCUT2D eigenvalue weighted by Crippen LogP contribution is 2.31. The summed E-state index contributed by atoms with van der Waals surface area (Å²) in [5, 5.41) is 37.3. The first-order chi connectivity index (χ1) is 7.08. The molecule has 1 unspecified atom stereocenters. The summed E-state index contributed by atoms with van der Waals surface area (Å²) in [6, 6.07) is 0. The maximum Gasteiger partial charge on any atom is 0.400 e. The van der Waals surface area contributed by atoms with E-state index in [0.717, 1.165) is 0 Å². The van der Waals surface area contributed by atoms with Crippen LogP contribution in [0.5, 0.6) is 0 Å². The van der Waals surface area contributed by atoms with E-state index in [-0.39, 0.29) is 0 Å². The smallest absolute Gasteiger partial charge is 0.385 e. The molecule has 0 bridgehead atoms. The Bertz CT molecular complexity index is 337. The number of hydrogen-bond donors (Lipinski definition) is 5. The Kier molecular flexibility index (Phi) is 3.57. The van der Waals surface area contributed by atoms with Crippen LogP contribution < -0.4 is 0 Å². The number of aliphatic hydroxyl groups is 4. The summed E-state index contributed by atoms with van der Waals surface area (Å²) in [4.78, 5) is 0. The SMILES string of the molecule is C[C@@H]1OC(O)[C@H](O)[C@](O)(OS(=O)(=O)O)[C@H]1O. The van der Waals surface area contributed by atoms with Crippen molar-refractivity contribution in [1.29, 1.82) is 0 Å². The third-order valence-electron chi connectivity index (χ3n) is 2.16. The summed E-state index contributed by atoms with van der Waals surface area (Å²) in [5.74, 6) is -3.08. The lowest BCUT2D eigenvalue weighted by atomic mass is 9.96. The van der Waals surface area contributed by atoms with Gasteiger partial charge in [-0.05, 0) is 6.92 Å². The van der Waals surface area contributed by atoms with Crippen molar-refractivity contribution in [3.05, 3.63) is 0 Å². The van der Waals surface area contributed by atoms with Crippen molar-refractivity contribution in [2.45, 2.75) is 37.3 Å². The third-order valence-corrected chi connectivity index (χ3v) is 2.63. The number of ether oxygens (including phenoxy) is 1. The molecule has 0 saturated carbocycles. The molecule has 5 atom stereocenters. The van der Waals surface area contributed by atoms with Crippen molar-refractivity contribution in [2.24, 2.45) is 0 Å². The van der Waals surface area contributed by atoms with E-state index in [4.69, 9.17) is 9.66 Å². The second kappa shape index (κ2) is 4.16. The molecule has 1 rings (SSSR count). The minimum Gasteiger partial charge on any atom is -0.385 e. The maximum atomic E-state index is 10.4. The molecule has 9 nitrogen and oxygen atoms in total. The van der Waals surface area contributed by atoms with Crippen LogP contribution in [0.15, 0.2) is 0 Å². The molecule has 1 saturated heterocycles. The molecule has 0 aliphatic carbocycles. The van der Waals surface area contributed by atoms with Crippen LogP contribution in [0.4, 0.5) is 0 Å². The van der Waals surface area contributed by atoms with Crippen LogP contribution in [0, 0.1) is 0 Å². The molecule has 0 aromatic heterocycles. The van der Waals surface area contributed by atoms with Gasteiger partial charge in [-0.3, -0.25) is 4.55 Å². The van der Waals surface area contributed by atoms with Gasteiger partial charge in [0.05, 0.1) is 6.10 Å². The van der Waals surface area contributed by atoms with Crippen LogP contribution >= 0.6 is 0 Å². The average Bonchev–Trinajstić information content (AvgIpc) is 2.10. The van der Waals surface area contributed by atoms with Gasteiger partial charge in [0.15, 0.2) is 12.4 Å². The Morgan fingerprint density at radius 2 is 1.75 bits per heavy atom. The molecule has 1 fully saturated rings. The molecule has 16 heavy (non-hydrogen) atoms. The van der Waals surface area contributed by atoms with Crippen molar-refractivity contribution in [3.63, 3.8) is 0 Å². The number of rotatable bonds is 2. The van der Waals surface area contributed by atoms with Crippen LogP contribution in [0.1, 0.15) is 6.92 Å². The Labute approximate surface area is 90.8 Å². The third kappa shape index (κ3) is 2.49. The summed E-state index contributed by atoms with van der Waals surface area (Å²) in [6.07, 6.45) is -7.43. The minimum absolute atomic E-state index is 1.19. The second-order valence-corrected chi connectivity index (χ2v) is 4.41. The highest BCUT2D eigenvalue weighted by molar-refractivity contribution is 7.80. The lowest BCUT2D eigenvalue weighted by Crippen LogP contribution is -2.67. The van der Waals surface area contributed by atoms with Crippen LogP contribution in [-0.4, -0.2) is 63.8 Å². The molecule has 96 valence electrons. The van der Waals surface area contributed by atoms with Gasteiger partial charge in [-0.25, -0.2) is 4.18 Å². The monoisotopic (exact) mass is 260 g/mol. The molecular weight excluding hydrogens is 248 g/mol. The molecule has 0 aromatic rings. The van der Waals surface area contributed by atoms with Gasteiger partial charge in [0, 0.05) is 0 Å². The predicted octanol–water partition coefficient (Wildman–Crippen LogP) is -3.05. The molecule has 0 aromatic carbocycles. The molecule has 5 N–H and O–H groups in total. The van der Waals surface area contributed by atoms with E-state index in [1.54, 1.807) is 0 Å². The summed E-state index contributed by atoms with van der Waals surface area (Å²) >= 11 is 0. The predicted molar refractivity (Wildman–Crippen MR) is 46.2 cm³/mol. The Morgan fingerprint density at radius 3 is 2.19 bits per heavy atom. The Hall–Kier alpha value is -0.330. The first kappa shape index (κ1) is 13.7. The fraction of sp³-hybridized carbons (Fsp3) is 1.00. The van der Waals surface area contributed by atoms with Gasteiger partial charge in [-0.2, -0.15) is 8.42 Å². The molecule has 1 aliphatic rings. The average molecular weight is 260 g/mol. The maximum absolute atomic E-state index is 10.4. The van der Waals surface area contributed by atoms with Gasteiger partial charge < -0.3 is 25.2 Å². The van der Waals surface area contributed by atoms with Crippen molar-refractivity contribution in [1.82, 2.24) is 0 Å². The first-order valence-electron chi connectivity index (χ1n) is 4.18. The van der Waals surface area contributed by atoms with E-state index in [1.165, 1.54) is 6.92 Å². The molecule has 0 radical (unpaired) electrons. The van der Waals surface area contributed by atoms with Gasteiger partial charge in [0.1, 0.15) is 6.10 Å². The van der Waals surface area contributed by atoms with Crippen LogP contribution in [0.3, 0.4) is 0 Å². The topological polar surface area (TPSA) is 154 Å². The van der Waals surface area contributed by atoms with E-state index in [0.29, 0.717) is 0 Å². The van der Waals surface area contributed by atoms with Crippen LogP contribution in [0.25, 0.3) is 0 Å². The van der Waals surface area contributed by atoms with Crippen molar-refractivity contribution >= 4 is 10.4 Å². The summed E-state index contributed by atoms with van der Waals surface area (Å²) in [7, 11) is -5.13. The standard InChI is InChI=1S/C6H12O9S/c1-2-3(7)6(10,15-16(11,12)13)4(8)5(9)14-2/h2-5,7-10H,1H3,(H,11,12,13)/t2-,3-,4-,5?,6+/m0/s1. The highest BCUT2D eigenvalue weighted by atomic mass is 32.3. The van der Waals surface area contributed by atoms with Gasteiger partial charge in [0.25, 0.3) is 0 Å². The molecular formula is C6H12O9S. The highest BCUT2D eigenvalue weighted by Gasteiger charge is 2.57. The van der Waals surface area contributed by atoms with E-state index in [2.05, 4.69) is 8.92 Å². The van der Waals surface area contributed by atoms with Crippen molar-refractivity contribution in [3.8, 4) is 0 Å². The van der Waals surface area contributed by atoms with Gasteiger partial charge in [-0.15, -0.1) is 0 Å². The molecule has 10 heteroatoms. The summed E-state index contributed by atoms with van der Waals surface area (Å²) in [5.41, 5.74) is 0. The van der Waals surface area contributed by atoms with E-state index >= 15 is 0 Å². The Balaban J connectivity index is 3.05. The van der Waals surface area contributed by atoms with E-state index in [1.807, 2.05) is 0 Å². The summed E-state index contributed by atoms with van der Waals surface area (Å²) < 4.78 is 37.6. The van der Waals surface area contributed by atoms with Gasteiger partial charge >= 0.3 is 10.4 Å². The molecule has 1 heterocycles. The molecule has 0 amide bonds. The molecule has 0 spiro atoms.